The summed E-state index contributed by atoms with van der Waals surface area (Å²) in [5.41, 5.74) is 9.86. The average Bonchev–Trinajstić information content (AvgIpc) is 2.54. The lowest BCUT2D eigenvalue weighted by atomic mass is 9.70. The molecule has 0 aromatic heterocycles. The molecule has 2 N–H and O–H groups in total. The molecule has 23 heavy (non-hydrogen) atoms. The van der Waals surface area contributed by atoms with Gasteiger partial charge in [0.1, 0.15) is 0 Å². The average molecular weight is 309 g/mol. The number of nitrogen functional groups attached to an aromatic ring is 1. The Hall–Kier alpha value is -1.50. The molecule has 0 spiro atoms. The van der Waals surface area contributed by atoms with Crippen molar-refractivity contribution >= 4 is 5.69 Å². The second kappa shape index (κ2) is 8.38. The van der Waals surface area contributed by atoms with E-state index in [1.807, 2.05) is 12.1 Å². The Kier molecular flexibility index (Phi) is 5.96. The minimum atomic E-state index is 0.886. The molecule has 2 aliphatic rings. The number of hydrogen-bond acceptors (Lipinski definition) is 1. The molecule has 1 fully saturated rings. The molecule has 0 aliphatic heterocycles. The Labute approximate surface area is 141 Å². The van der Waals surface area contributed by atoms with Crippen LogP contribution in [0.15, 0.2) is 48.1 Å². The highest BCUT2D eigenvalue weighted by Gasteiger charge is 2.28. The normalized spacial score (nSPS) is 22.3. The molecule has 0 radical (unpaired) electrons. The molecule has 0 heterocycles. The van der Waals surface area contributed by atoms with E-state index in [0.29, 0.717) is 0 Å². The molecule has 2 atom stereocenters. The van der Waals surface area contributed by atoms with Crippen molar-refractivity contribution in [1.29, 1.82) is 0 Å². The molecule has 0 saturated heterocycles. The molecular formula is C22H31N. The van der Waals surface area contributed by atoms with Crippen LogP contribution in [0.2, 0.25) is 0 Å². The highest BCUT2D eigenvalue weighted by molar-refractivity contribution is 5.46. The van der Waals surface area contributed by atoms with Crippen molar-refractivity contribution in [3.8, 4) is 0 Å². The lowest BCUT2D eigenvalue weighted by Gasteiger charge is -2.35. The molecule has 1 heteroatoms. The molecule has 2 aliphatic carbocycles. The van der Waals surface area contributed by atoms with Crippen molar-refractivity contribution in [3.63, 3.8) is 0 Å². The second-order valence-electron chi connectivity index (χ2n) is 7.33. The Bertz CT molecular complexity index is 555. The number of unbranched alkanes of at least 4 members (excludes halogenated alkanes) is 5. The first-order chi connectivity index (χ1) is 11.3. The van der Waals surface area contributed by atoms with Crippen molar-refractivity contribution in [2.24, 2.45) is 11.8 Å². The number of hydrogen-bond donors (Lipinski definition) is 1. The fourth-order valence-corrected chi connectivity index (χ4v) is 3.86. The van der Waals surface area contributed by atoms with Crippen LogP contribution < -0.4 is 5.73 Å². The van der Waals surface area contributed by atoms with E-state index in [0.717, 1.165) is 23.9 Å². The first-order valence-corrected chi connectivity index (χ1v) is 9.55. The van der Waals surface area contributed by atoms with Crippen LogP contribution in [0.4, 0.5) is 5.69 Å². The Morgan fingerprint density at radius 1 is 0.826 bits per heavy atom. The van der Waals surface area contributed by atoms with Crippen molar-refractivity contribution in [2.75, 3.05) is 5.73 Å². The number of allylic oxidation sites excluding steroid dienone is 4. The summed E-state index contributed by atoms with van der Waals surface area (Å²) in [7, 11) is 0. The number of aryl methyl sites for hydroxylation is 1. The highest BCUT2D eigenvalue weighted by Crippen LogP contribution is 2.40. The molecule has 1 saturated carbocycles. The molecule has 1 nitrogen and oxygen atoms in total. The fourth-order valence-electron chi connectivity index (χ4n) is 3.86. The van der Waals surface area contributed by atoms with Gasteiger partial charge in [-0.15, -0.1) is 0 Å². The Balaban J connectivity index is 1.21. The van der Waals surface area contributed by atoms with E-state index in [4.69, 9.17) is 5.73 Å². The predicted molar refractivity (Wildman–Crippen MR) is 100 cm³/mol. The van der Waals surface area contributed by atoms with Gasteiger partial charge in [0.15, 0.2) is 0 Å². The lowest BCUT2D eigenvalue weighted by Crippen LogP contribution is -2.24. The molecule has 2 unspecified atom stereocenters. The minimum absolute atomic E-state index is 0.886. The van der Waals surface area contributed by atoms with Crippen LogP contribution in [-0.2, 0) is 6.42 Å². The third kappa shape index (κ3) is 4.73. The van der Waals surface area contributed by atoms with Gasteiger partial charge in [0.05, 0.1) is 0 Å². The summed E-state index contributed by atoms with van der Waals surface area (Å²) >= 11 is 0. The van der Waals surface area contributed by atoms with Gasteiger partial charge in [-0.1, -0.05) is 67.7 Å². The monoisotopic (exact) mass is 309 g/mol. The molecule has 1 aromatic carbocycles. The third-order valence-corrected chi connectivity index (χ3v) is 5.59. The Morgan fingerprint density at radius 3 is 2.22 bits per heavy atom. The third-order valence-electron chi connectivity index (χ3n) is 5.59. The van der Waals surface area contributed by atoms with Gasteiger partial charge in [0, 0.05) is 5.69 Å². The van der Waals surface area contributed by atoms with Crippen LogP contribution in [0.1, 0.15) is 63.4 Å². The molecule has 124 valence electrons. The molecule has 1 aromatic rings. The number of fused-ring (bicyclic) bond motifs is 1. The largest absolute Gasteiger partial charge is 0.399 e. The first kappa shape index (κ1) is 16.4. The topological polar surface area (TPSA) is 26.0 Å². The molecule has 3 rings (SSSR count). The zero-order chi connectivity index (χ0) is 15.9. The van der Waals surface area contributed by atoms with E-state index in [-0.39, 0.29) is 0 Å². The van der Waals surface area contributed by atoms with Crippen molar-refractivity contribution in [1.82, 2.24) is 0 Å². The van der Waals surface area contributed by atoms with Gasteiger partial charge in [0.25, 0.3) is 0 Å². The van der Waals surface area contributed by atoms with Gasteiger partial charge in [-0.05, 0) is 62.0 Å². The van der Waals surface area contributed by atoms with Crippen molar-refractivity contribution in [3.05, 3.63) is 53.6 Å². The van der Waals surface area contributed by atoms with E-state index < -0.39 is 0 Å². The summed E-state index contributed by atoms with van der Waals surface area (Å²) in [4.78, 5) is 0. The number of anilines is 1. The van der Waals surface area contributed by atoms with Crippen LogP contribution >= 0.6 is 0 Å². The maximum atomic E-state index is 5.98. The number of nitrogens with two attached hydrogens (primary N) is 1. The maximum Gasteiger partial charge on any atom is 0.0346 e. The fraction of sp³-hybridized carbons (Fsp3) is 0.545. The van der Waals surface area contributed by atoms with E-state index in [1.165, 1.54) is 63.4 Å². The summed E-state index contributed by atoms with van der Waals surface area (Å²) in [5.74, 6) is 1.78. The number of rotatable bonds is 9. The number of benzene rings is 1. The summed E-state index contributed by atoms with van der Waals surface area (Å²) in [6.07, 6.45) is 20.8. The smallest absolute Gasteiger partial charge is 0.0346 e. The van der Waals surface area contributed by atoms with Crippen LogP contribution in [0.25, 0.3) is 0 Å². The zero-order valence-electron chi connectivity index (χ0n) is 14.3. The zero-order valence-corrected chi connectivity index (χ0v) is 14.3. The van der Waals surface area contributed by atoms with E-state index in [1.54, 1.807) is 5.57 Å². The van der Waals surface area contributed by atoms with Gasteiger partial charge in [-0.3, -0.25) is 0 Å². The maximum absolute atomic E-state index is 5.98. The molecule has 0 amide bonds. The minimum Gasteiger partial charge on any atom is -0.399 e. The van der Waals surface area contributed by atoms with Crippen LogP contribution in [0.5, 0.6) is 0 Å². The van der Waals surface area contributed by atoms with Gasteiger partial charge in [-0.2, -0.15) is 0 Å². The number of para-hydroxylation sites is 1. The summed E-state index contributed by atoms with van der Waals surface area (Å²) in [6, 6.07) is 8.27. The second-order valence-corrected chi connectivity index (χ2v) is 7.33. The van der Waals surface area contributed by atoms with Gasteiger partial charge in [0.2, 0.25) is 0 Å². The van der Waals surface area contributed by atoms with Crippen LogP contribution in [0.3, 0.4) is 0 Å². The van der Waals surface area contributed by atoms with Crippen LogP contribution in [-0.4, -0.2) is 0 Å². The lowest BCUT2D eigenvalue weighted by molar-refractivity contribution is 0.280. The summed E-state index contributed by atoms with van der Waals surface area (Å²) in [6.45, 7) is 0. The first-order valence-electron chi connectivity index (χ1n) is 9.55. The van der Waals surface area contributed by atoms with Gasteiger partial charge < -0.3 is 5.73 Å². The highest BCUT2D eigenvalue weighted by atomic mass is 14.6. The SMILES string of the molecule is Nc1ccccc1CCCCCCCCC1=CC2CCC2C=C1. The van der Waals surface area contributed by atoms with Gasteiger partial charge in [-0.25, -0.2) is 0 Å². The van der Waals surface area contributed by atoms with Crippen molar-refractivity contribution in [2.45, 2.75) is 64.2 Å². The molecule has 0 bridgehead atoms. The standard InChI is InChI=1S/C22H31N/c23-22-12-8-7-11-20(22)10-6-4-2-1-3-5-9-18-13-14-19-15-16-21(19)17-18/h7-8,11-14,17,19,21H,1-6,9-10,15-16,23H2. The summed E-state index contributed by atoms with van der Waals surface area (Å²) in [5, 5.41) is 0. The van der Waals surface area contributed by atoms with Gasteiger partial charge >= 0.3 is 0 Å². The molecular weight excluding hydrogens is 278 g/mol. The Morgan fingerprint density at radius 2 is 1.52 bits per heavy atom. The predicted octanol–water partition coefficient (Wildman–Crippen LogP) is 6.06. The van der Waals surface area contributed by atoms with E-state index in [9.17, 15) is 0 Å². The van der Waals surface area contributed by atoms with E-state index >= 15 is 0 Å². The quantitative estimate of drug-likeness (QED) is 0.435. The van der Waals surface area contributed by atoms with Crippen LogP contribution in [0, 0.1) is 11.8 Å². The van der Waals surface area contributed by atoms with Crippen molar-refractivity contribution < 1.29 is 0 Å². The summed E-state index contributed by atoms with van der Waals surface area (Å²) < 4.78 is 0. The van der Waals surface area contributed by atoms with E-state index in [2.05, 4.69) is 30.4 Å².